The molecule has 5 rings (SSSR count). The van der Waals surface area contributed by atoms with Gasteiger partial charge in [0.1, 0.15) is 0 Å². The molecule has 2 aromatic carbocycles. The van der Waals surface area contributed by atoms with Crippen LogP contribution in [0.5, 0.6) is 11.5 Å². The van der Waals surface area contributed by atoms with Crippen molar-refractivity contribution in [3.63, 3.8) is 0 Å². The Morgan fingerprint density at radius 2 is 1.87 bits per heavy atom. The molecule has 0 radical (unpaired) electrons. The molecule has 1 aliphatic heterocycles. The molecule has 0 N–H and O–H groups in total. The molecular formula is C20H19ClN4O3S2. The van der Waals surface area contributed by atoms with Crippen molar-refractivity contribution in [2.75, 3.05) is 38.9 Å². The Bertz CT molecular complexity index is 1180. The third-order valence-corrected chi connectivity index (χ3v) is 6.53. The summed E-state index contributed by atoms with van der Waals surface area (Å²) in [6.45, 7) is 1.50. The summed E-state index contributed by atoms with van der Waals surface area (Å²) >= 11 is 3.01. The average Bonchev–Trinajstić information content (AvgIpc) is 3.43. The number of hydrogen-bond acceptors (Lipinski definition) is 8. The van der Waals surface area contributed by atoms with E-state index in [4.69, 9.17) is 14.5 Å². The van der Waals surface area contributed by atoms with Crippen LogP contribution in [0.4, 0.5) is 5.13 Å². The Kier molecular flexibility index (Phi) is 5.79. The molecular weight excluding hydrogens is 444 g/mol. The van der Waals surface area contributed by atoms with Gasteiger partial charge in [0.05, 0.1) is 25.9 Å². The maximum atomic E-state index is 13.4. The Hall–Kier alpha value is -2.46. The van der Waals surface area contributed by atoms with E-state index in [0.29, 0.717) is 23.0 Å². The number of nitrogens with zero attached hydrogens (tertiary/aromatic N) is 4. The maximum Gasteiger partial charge on any atom is 0.260 e. The molecule has 30 heavy (non-hydrogen) atoms. The van der Waals surface area contributed by atoms with E-state index in [1.165, 1.54) is 22.7 Å². The van der Waals surface area contributed by atoms with Crippen molar-refractivity contribution < 1.29 is 14.3 Å². The molecule has 0 saturated carbocycles. The van der Waals surface area contributed by atoms with Gasteiger partial charge in [-0.1, -0.05) is 11.3 Å². The molecule has 0 atom stereocenters. The number of halogens is 1. The van der Waals surface area contributed by atoms with Gasteiger partial charge in [-0.3, -0.25) is 9.69 Å². The van der Waals surface area contributed by atoms with Gasteiger partial charge in [-0.15, -0.1) is 23.7 Å². The Labute approximate surface area is 187 Å². The van der Waals surface area contributed by atoms with Gasteiger partial charge in [-0.25, -0.2) is 9.97 Å². The molecule has 1 amide bonds. The van der Waals surface area contributed by atoms with Crippen LogP contribution < -0.4 is 14.4 Å². The van der Waals surface area contributed by atoms with Crippen molar-refractivity contribution in [2.45, 2.75) is 0 Å². The number of carbonyl (C=O) groups excluding carboxylic acids is 1. The number of anilines is 1. The van der Waals surface area contributed by atoms with Crippen LogP contribution in [0.3, 0.4) is 0 Å². The summed E-state index contributed by atoms with van der Waals surface area (Å²) in [5, 5.41) is 0.667. The molecule has 0 spiro atoms. The van der Waals surface area contributed by atoms with Crippen LogP contribution in [0.15, 0.2) is 35.8 Å². The van der Waals surface area contributed by atoms with Crippen LogP contribution >= 0.6 is 35.1 Å². The highest BCUT2D eigenvalue weighted by atomic mass is 35.5. The Morgan fingerprint density at radius 3 is 2.67 bits per heavy atom. The number of ether oxygens (including phenoxy) is 2. The highest BCUT2D eigenvalue weighted by molar-refractivity contribution is 7.22. The van der Waals surface area contributed by atoms with E-state index in [1.54, 1.807) is 10.4 Å². The van der Waals surface area contributed by atoms with E-state index >= 15 is 0 Å². The van der Waals surface area contributed by atoms with Gasteiger partial charge >= 0.3 is 0 Å². The van der Waals surface area contributed by atoms with Crippen LogP contribution in [0.1, 0.15) is 10.4 Å². The summed E-state index contributed by atoms with van der Waals surface area (Å²) in [6.07, 6.45) is 0. The first-order valence-electron chi connectivity index (χ1n) is 9.08. The normalized spacial score (nSPS) is 12.5. The topological polar surface area (TPSA) is 67.8 Å². The first-order valence-corrected chi connectivity index (χ1v) is 10.8. The summed E-state index contributed by atoms with van der Waals surface area (Å²) in [4.78, 5) is 26.2. The quantitative estimate of drug-likeness (QED) is 0.441. The number of hydrogen-bond donors (Lipinski definition) is 0. The summed E-state index contributed by atoms with van der Waals surface area (Å²) in [7, 11) is 3.98. The number of fused-ring (bicyclic) bond motifs is 3. The molecule has 0 bridgehead atoms. The van der Waals surface area contributed by atoms with Crippen LogP contribution in [0.2, 0.25) is 0 Å². The number of carbonyl (C=O) groups is 1. The largest absolute Gasteiger partial charge is 0.454 e. The second-order valence-corrected chi connectivity index (χ2v) is 8.86. The molecule has 10 heteroatoms. The molecule has 1 aliphatic rings. The van der Waals surface area contributed by atoms with E-state index in [1.807, 2.05) is 44.4 Å². The zero-order valence-electron chi connectivity index (χ0n) is 16.3. The van der Waals surface area contributed by atoms with Gasteiger partial charge in [0.25, 0.3) is 5.91 Å². The molecule has 2 aromatic heterocycles. The molecule has 0 fully saturated rings. The van der Waals surface area contributed by atoms with Crippen LogP contribution in [0, 0.1) is 0 Å². The van der Waals surface area contributed by atoms with E-state index in [0.717, 1.165) is 32.7 Å². The van der Waals surface area contributed by atoms with Crippen molar-refractivity contribution in [1.82, 2.24) is 14.9 Å². The summed E-state index contributed by atoms with van der Waals surface area (Å²) in [5.41, 5.74) is 4.13. The molecule has 7 nitrogen and oxygen atoms in total. The van der Waals surface area contributed by atoms with Crippen molar-refractivity contribution in [3.8, 4) is 11.5 Å². The van der Waals surface area contributed by atoms with E-state index < -0.39 is 0 Å². The highest BCUT2D eigenvalue weighted by Crippen LogP contribution is 2.40. The lowest BCUT2D eigenvalue weighted by molar-refractivity contribution is 0.0985. The predicted molar refractivity (Wildman–Crippen MR) is 123 cm³/mol. The van der Waals surface area contributed by atoms with E-state index in [2.05, 4.69) is 9.88 Å². The molecule has 4 aromatic rings. The van der Waals surface area contributed by atoms with Gasteiger partial charge in [0.2, 0.25) is 6.79 Å². The fraction of sp³-hybridized carbons (Fsp3) is 0.250. The fourth-order valence-electron chi connectivity index (χ4n) is 3.15. The van der Waals surface area contributed by atoms with Crippen molar-refractivity contribution >= 4 is 66.6 Å². The van der Waals surface area contributed by atoms with Gasteiger partial charge in [0, 0.05) is 30.8 Å². The minimum atomic E-state index is -0.0683. The average molecular weight is 463 g/mol. The second kappa shape index (κ2) is 8.35. The highest BCUT2D eigenvalue weighted by Gasteiger charge is 2.23. The molecule has 0 aliphatic carbocycles. The van der Waals surface area contributed by atoms with E-state index in [9.17, 15) is 4.79 Å². The lowest BCUT2D eigenvalue weighted by atomic mass is 10.2. The third kappa shape index (κ3) is 3.81. The SMILES string of the molecule is CN(C)CCN(C(=O)c1ccc2ncsc2c1)c1nc2cc3c(cc2s1)OCO3.Cl. The van der Waals surface area contributed by atoms with Crippen molar-refractivity contribution in [3.05, 3.63) is 41.4 Å². The van der Waals surface area contributed by atoms with Crippen LogP contribution in [-0.4, -0.2) is 54.8 Å². The van der Waals surface area contributed by atoms with Crippen molar-refractivity contribution in [2.24, 2.45) is 0 Å². The first-order chi connectivity index (χ1) is 14.1. The number of benzene rings is 2. The standard InChI is InChI=1S/C20H18N4O3S2.ClH/c1-23(2)5-6-24(19(25)12-3-4-13-17(7-12)28-10-21-13)20-22-14-8-15-16(27-11-26-15)9-18(14)29-20;/h3-4,7-10H,5-6,11H2,1-2H3;1H. The molecule has 0 saturated heterocycles. The summed E-state index contributed by atoms with van der Waals surface area (Å²) in [6, 6.07) is 9.42. The Balaban J connectivity index is 0.00000218. The number of rotatable bonds is 5. The van der Waals surface area contributed by atoms with Crippen LogP contribution in [-0.2, 0) is 0 Å². The van der Waals surface area contributed by atoms with Crippen LogP contribution in [0.25, 0.3) is 20.4 Å². The predicted octanol–water partition coefficient (Wildman–Crippen LogP) is 4.26. The van der Waals surface area contributed by atoms with E-state index in [-0.39, 0.29) is 25.1 Å². The molecule has 0 unspecified atom stereocenters. The number of thiazole rings is 2. The number of aromatic nitrogens is 2. The minimum absolute atomic E-state index is 0. The van der Waals surface area contributed by atoms with Gasteiger partial charge in [-0.05, 0) is 32.3 Å². The maximum absolute atomic E-state index is 13.4. The third-order valence-electron chi connectivity index (χ3n) is 4.70. The molecule has 3 heterocycles. The Morgan fingerprint density at radius 1 is 1.07 bits per heavy atom. The smallest absolute Gasteiger partial charge is 0.260 e. The molecule has 156 valence electrons. The fourth-order valence-corrected chi connectivity index (χ4v) is 4.87. The number of amides is 1. The second-order valence-electron chi connectivity index (χ2n) is 6.96. The zero-order chi connectivity index (χ0) is 20.0. The first kappa shape index (κ1) is 20.8. The number of likely N-dealkylation sites (N-methyl/N-ethyl adjacent to an activating group) is 1. The van der Waals surface area contributed by atoms with Gasteiger partial charge in [0.15, 0.2) is 16.6 Å². The monoisotopic (exact) mass is 462 g/mol. The summed E-state index contributed by atoms with van der Waals surface area (Å²) < 4.78 is 12.9. The lowest BCUT2D eigenvalue weighted by Gasteiger charge is -2.22. The zero-order valence-corrected chi connectivity index (χ0v) is 18.8. The summed E-state index contributed by atoms with van der Waals surface area (Å²) in [5.74, 6) is 1.34. The van der Waals surface area contributed by atoms with Crippen molar-refractivity contribution in [1.29, 1.82) is 0 Å². The lowest BCUT2D eigenvalue weighted by Crippen LogP contribution is -2.36. The minimum Gasteiger partial charge on any atom is -0.454 e. The van der Waals surface area contributed by atoms with Gasteiger partial charge in [-0.2, -0.15) is 0 Å². The van der Waals surface area contributed by atoms with Gasteiger partial charge < -0.3 is 14.4 Å².